The number of piperidine rings is 2. The maximum atomic E-state index is 14.0. The SMILES string of the molecule is COC(=O)C1=C2Nc3ccccc3[C@@]23CCN2C[C@]4(CC5=C6N(C4)c4c(OC)cccc4[C@@]64CCN6CC[C@H]7OCC[C@]7(C5)[C@H]64)[C@H]4OCC[C@]4(C1)[C@H]23. The monoisotopic (exact) mass is 700 g/mol. The Bertz CT molecular complexity index is 2080. The number of para-hydroxylation sites is 2. The summed E-state index contributed by atoms with van der Waals surface area (Å²) in [5.41, 5.74) is 9.97. The number of nitrogens with one attached hydrogen (secondary N) is 1. The van der Waals surface area contributed by atoms with Crippen molar-refractivity contribution in [2.24, 2.45) is 16.2 Å². The van der Waals surface area contributed by atoms with Crippen LogP contribution in [0.1, 0.15) is 62.5 Å². The van der Waals surface area contributed by atoms with E-state index in [4.69, 9.17) is 18.9 Å². The summed E-state index contributed by atoms with van der Waals surface area (Å²) in [4.78, 5) is 22.5. The van der Waals surface area contributed by atoms with Crippen molar-refractivity contribution in [2.75, 3.05) is 70.4 Å². The number of hydrogen-bond acceptors (Lipinski definition) is 9. The van der Waals surface area contributed by atoms with Gasteiger partial charge >= 0.3 is 5.97 Å². The Morgan fingerprint density at radius 2 is 1.63 bits per heavy atom. The van der Waals surface area contributed by atoms with Gasteiger partial charge in [0.25, 0.3) is 0 Å². The molecular formula is C43H48N4O5. The highest BCUT2D eigenvalue weighted by atomic mass is 16.5. The van der Waals surface area contributed by atoms with Crippen molar-refractivity contribution >= 4 is 17.3 Å². The van der Waals surface area contributed by atoms with Gasteiger partial charge in [-0.15, -0.1) is 0 Å². The first-order valence-electron chi connectivity index (χ1n) is 20.0. The highest BCUT2D eigenvalue weighted by Gasteiger charge is 2.77. The average Bonchev–Trinajstić information content (AvgIpc) is 4.02. The zero-order chi connectivity index (χ0) is 34.4. The number of esters is 1. The fourth-order valence-corrected chi connectivity index (χ4v) is 16.1. The van der Waals surface area contributed by atoms with Gasteiger partial charge in [-0.25, -0.2) is 4.79 Å². The summed E-state index contributed by atoms with van der Waals surface area (Å²) < 4.78 is 25.9. The molecule has 5 spiro atoms. The number of nitrogens with zero attached hydrogens (tertiary/aromatic N) is 3. The van der Waals surface area contributed by atoms with Crippen LogP contribution in [0.4, 0.5) is 11.4 Å². The quantitative estimate of drug-likeness (QED) is 0.431. The van der Waals surface area contributed by atoms with Gasteiger partial charge in [-0.2, -0.15) is 0 Å². The van der Waals surface area contributed by atoms with E-state index < -0.39 is 0 Å². The highest BCUT2D eigenvalue weighted by Crippen LogP contribution is 2.75. The molecule has 0 radical (unpaired) electrons. The fourth-order valence-electron chi connectivity index (χ4n) is 16.1. The molecule has 0 bridgehead atoms. The van der Waals surface area contributed by atoms with Crippen molar-refractivity contribution in [3.63, 3.8) is 0 Å². The third kappa shape index (κ3) is 3.01. The van der Waals surface area contributed by atoms with Gasteiger partial charge in [-0.3, -0.25) is 9.80 Å². The molecule has 2 aromatic rings. The molecule has 9 heteroatoms. The molecule has 52 heavy (non-hydrogen) atoms. The van der Waals surface area contributed by atoms with Crippen molar-refractivity contribution in [1.29, 1.82) is 0 Å². The van der Waals surface area contributed by atoms with Crippen molar-refractivity contribution in [3.8, 4) is 5.75 Å². The molecule has 9 atom stereocenters. The van der Waals surface area contributed by atoms with Crippen LogP contribution in [-0.4, -0.2) is 100 Å². The summed E-state index contributed by atoms with van der Waals surface area (Å²) >= 11 is 0. The van der Waals surface area contributed by atoms with E-state index in [0.717, 1.165) is 114 Å². The van der Waals surface area contributed by atoms with E-state index in [1.165, 1.54) is 16.8 Å². The van der Waals surface area contributed by atoms with Crippen LogP contribution in [0.25, 0.3) is 0 Å². The average molecular weight is 701 g/mol. The molecule has 270 valence electrons. The Morgan fingerprint density at radius 1 is 0.827 bits per heavy atom. The molecule has 13 rings (SSSR count). The van der Waals surface area contributed by atoms with Crippen molar-refractivity contribution < 1.29 is 23.7 Å². The zero-order valence-electron chi connectivity index (χ0n) is 30.3. The van der Waals surface area contributed by atoms with E-state index >= 15 is 0 Å². The predicted octanol–water partition coefficient (Wildman–Crippen LogP) is 5.11. The van der Waals surface area contributed by atoms with E-state index in [1.807, 2.05) is 7.11 Å². The Hall–Kier alpha value is -3.37. The molecule has 2 aromatic carbocycles. The molecule has 9 heterocycles. The Labute approximate surface area is 305 Å². The largest absolute Gasteiger partial charge is 0.495 e. The molecule has 1 N–H and O–H groups in total. The number of allylic oxidation sites excluding steroid dienone is 1. The number of methoxy groups -OCH3 is 2. The van der Waals surface area contributed by atoms with Crippen LogP contribution in [0.3, 0.4) is 0 Å². The van der Waals surface area contributed by atoms with Gasteiger partial charge in [-0.1, -0.05) is 30.3 Å². The lowest BCUT2D eigenvalue weighted by molar-refractivity contribution is -0.152. The maximum absolute atomic E-state index is 14.0. The number of carbonyl (C=O) groups is 1. The van der Waals surface area contributed by atoms with Gasteiger partial charge in [0.05, 0.1) is 48.5 Å². The Balaban J connectivity index is 1.03. The lowest BCUT2D eigenvalue weighted by Crippen LogP contribution is -2.72. The van der Waals surface area contributed by atoms with E-state index in [0.29, 0.717) is 18.6 Å². The number of anilines is 2. The lowest BCUT2D eigenvalue weighted by Gasteiger charge is -2.65. The van der Waals surface area contributed by atoms with Gasteiger partial charge in [-0.05, 0) is 93.3 Å². The third-order valence-electron chi connectivity index (χ3n) is 16.9. The van der Waals surface area contributed by atoms with Gasteiger partial charge in [0.1, 0.15) is 5.75 Å². The number of ether oxygens (including phenoxy) is 4. The summed E-state index contributed by atoms with van der Waals surface area (Å²) in [5, 5.41) is 3.81. The number of fused-ring (bicyclic) bond motifs is 4. The second kappa shape index (κ2) is 9.46. The van der Waals surface area contributed by atoms with Crippen LogP contribution in [-0.2, 0) is 29.8 Å². The summed E-state index contributed by atoms with van der Waals surface area (Å²) in [7, 11) is 3.40. The molecule has 9 nitrogen and oxygen atoms in total. The van der Waals surface area contributed by atoms with Crippen LogP contribution < -0.4 is 15.0 Å². The summed E-state index contributed by atoms with van der Waals surface area (Å²) in [6.07, 6.45) is 8.62. The molecule has 0 unspecified atom stereocenters. The molecule has 0 amide bonds. The number of carbonyl (C=O) groups excluding carboxylic acids is 1. The van der Waals surface area contributed by atoms with Gasteiger partial charge in [0, 0.05) is 78.3 Å². The maximum Gasteiger partial charge on any atom is 0.335 e. The van der Waals surface area contributed by atoms with Crippen LogP contribution in [0.5, 0.6) is 5.75 Å². The van der Waals surface area contributed by atoms with Crippen LogP contribution >= 0.6 is 0 Å². The fraction of sp³-hybridized carbons (Fsp3) is 0.605. The molecule has 2 aliphatic carbocycles. The molecule has 11 aliphatic rings. The van der Waals surface area contributed by atoms with Crippen molar-refractivity contribution in [2.45, 2.75) is 86.5 Å². The van der Waals surface area contributed by atoms with Gasteiger partial charge in [0.15, 0.2) is 0 Å². The molecular weight excluding hydrogens is 652 g/mol. The normalized spacial score (nSPS) is 44.1. The Kier molecular flexibility index (Phi) is 5.46. The summed E-state index contributed by atoms with van der Waals surface area (Å²) in [6.45, 7) is 6.83. The lowest BCUT2D eigenvalue weighted by atomic mass is 9.47. The number of rotatable bonds is 2. The van der Waals surface area contributed by atoms with Crippen molar-refractivity contribution in [1.82, 2.24) is 9.80 Å². The standard InChI is InChI=1S/C43H48N4O5/c1-49-30-9-5-7-28-32(30)47-24-39(20-25-21-40-13-18-51-31(40)10-15-45-16-12-43(28,34(25)47)36(40)45)23-46-17-11-42-27-6-3-4-8-29(27)44-33(42)26(35(48)50-2)22-41(37(42)46)14-19-52-38(39)41/h3-9,31,36-38,44H,10-24H2,1-2H3/t31-,36+,37+,38-,39+,40-,41+,42+,43+/m1/s1. The molecule has 6 saturated heterocycles. The van der Waals surface area contributed by atoms with E-state index in [9.17, 15) is 4.79 Å². The third-order valence-corrected chi connectivity index (χ3v) is 16.9. The van der Waals surface area contributed by atoms with E-state index in [2.05, 4.69) is 62.5 Å². The van der Waals surface area contributed by atoms with Crippen LogP contribution in [0.15, 0.2) is 65.0 Å². The minimum atomic E-state index is -0.265. The number of benzene rings is 2. The predicted molar refractivity (Wildman–Crippen MR) is 194 cm³/mol. The summed E-state index contributed by atoms with van der Waals surface area (Å²) in [5.74, 6) is 0.809. The molecule has 0 aromatic heterocycles. The van der Waals surface area contributed by atoms with Crippen LogP contribution in [0, 0.1) is 16.2 Å². The molecule has 6 fully saturated rings. The van der Waals surface area contributed by atoms with Crippen LogP contribution in [0.2, 0.25) is 0 Å². The second-order valence-corrected chi connectivity index (χ2v) is 18.4. The highest BCUT2D eigenvalue weighted by molar-refractivity contribution is 5.93. The van der Waals surface area contributed by atoms with E-state index in [-0.39, 0.29) is 45.2 Å². The van der Waals surface area contributed by atoms with Gasteiger partial charge < -0.3 is 29.2 Å². The molecule has 9 aliphatic heterocycles. The van der Waals surface area contributed by atoms with Crippen molar-refractivity contribution in [3.05, 3.63) is 76.1 Å². The number of hydrogen-bond donors (Lipinski definition) is 1. The first kappa shape index (κ1) is 30.0. The first-order valence-corrected chi connectivity index (χ1v) is 20.0. The zero-order valence-corrected chi connectivity index (χ0v) is 30.3. The smallest absolute Gasteiger partial charge is 0.335 e. The minimum absolute atomic E-state index is 0.0197. The first-order chi connectivity index (χ1) is 25.4. The summed E-state index contributed by atoms with van der Waals surface area (Å²) in [6, 6.07) is 16.4. The topological polar surface area (TPSA) is 75.7 Å². The molecule has 0 saturated carbocycles. The minimum Gasteiger partial charge on any atom is -0.495 e. The Morgan fingerprint density at radius 3 is 2.54 bits per heavy atom. The van der Waals surface area contributed by atoms with Gasteiger partial charge in [0.2, 0.25) is 0 Å². The van der Waals surface area contributed by atoms with E-state index in [1.54, 1.807) is 18.4 Å². The second-order valence-electron chi connectivity index (χ2n) is 18.4.